The molecule has 0 saturated heterocycles. The zero-order chi connectivity index (χ0) is 12.7. The Hall–Kier alpha value is -1.20. The van der Waals surface area contributed by atoms with Gasteiger partial charge in [-0.1, -0.05) is 0 Å². The van der Waals surface area contributed by atoms with E-state index in [2.05, 4.69) is 33.4 Å². The van der Waals surface area contributed by atoms with Crippen molar-refractivity contribution in [2.75, 3.05) is 13.6 Å². The number of aryl methyl sites for hydroxylation is 1. The van der Waals surface area contributed by atoms with E-state index in [0.717, 1.165) is 35.1 Å². The smallest absolute Gasteiger partial charge is 0.179 e. The van der Waals surface area contributed by atoms with E-state index >= 15 is 0 Å². The molecule has 2 aromatic rings. The van der Waals surface area contributed by atoms with Crippen LogP contribution in [-0.4, -0.2) is 39.1 Å². The lowest BCUT2D eigenvalue weighted by Gasteiger charge is -2.15. The number of likely N-dealkylation sites (N-methyl/N-ethyl adjacent to an activating group) is 1. The van der Waals surface area contributed by atoms with Crippen molar-refractivity contribution in [1.82, 2.24) is 19.4 Å². The van der Waals surface area contributed by atoms with Gasteiger partial charge in [-0.25, -0.2) is 4.98 Å². The van der Waals surface area contributed by atoms with E-state index in [1.54, 1.807) is 0 Å². The number of aromatic amines is 1. The van der Waals surface area contributed by atoms with E-state index < -0.39 is 0 Å². The molecule has 1 fully saturated rings. The quantitative estimate of drug-likeness (QED) is 0.860. The summed E-state index contributed by atoms with van der Waals surface area (Å²) in [5.41, 5.74) is 3.24. The third kappa shape index (κ3) is 2.08. The molecule has 96 valence electrons. The first-order valence-corrected chi connectivity index (χ1v) is 6.82. The molecule has 0 bridgehead atoms. The van der Waals surface area contributed by atoms with Gasteiger partial charge in [0.25, 0.3) is 0 Å². The molecule has 1 saturated carbocycles. The summed E-state index contributed by atoms with van der Waals surface area (Å²) in [5, 5.41) is 0. The van der Waals surface area contributed by atoms with Crippen LogP contribution in [0.5, 0.6) is 0 Å². The van der Waals surface area contributed by atoms with Gasteiger partial charge in [0.15, 0.2) is 10.4 Å². The minimum Gasteiger partial charge on any atom is -0.329 e. The molecule has 4 nitrogen and oxygen atoms in total. The highest BCUT2D eigenvalue weighted by Crippen LogP contribution is 2.25. The summed E-state index contributed by atoms with van der Waals surface area (Å²) in [7, 11) is 2.19. The van der Waals surface area contributed by atoms with E-state index in [4.69, 9.17) is 12.2 Å². The molecule has 1 aliphatic carbocycles. The Labute approximate surface area is 112 Å². The SMILES string of the molecule is Cc1ccnc2c1[nH]c(=S)n2CCN(C)C1CC1. The molecule has 18 heavy (non-hydrogen) atoms. The predicted molar refractivity (Wildman–Crippen MR) is 75.3 cm³/mol. The summed E-state index contributed by atoms with van der Waals surface area (Å²) in [6.07, 6.45) is 4.53. The molecule has 0 aromatic carbocycles. The summed E-state index contributed by atoms with van der Waals surface area (Å²) in [6.45, 7) is 4.01. The number of imidazole rings is 1. The molecular formula is C13H18N4S. The van der Waals surface area contributed by atoms with Crippen LogP contribution in [0.3, 0.4) is 0 Å². The number of aromatic nitrogens is 3. The molecule has 0 spiro atoms. The molecule has 0 aliphatic heterocycles. The molecule has 3 rings (SSSR count). The van der Waals surface area contributed by atoms with Crippen molar-refractivity contribution >= 4 is 23.4 Å². The first kappa shape index (κ1) is 11.9. The number of nitrogens with zero attached hydrogens (tertiary/aromatic N) is 3. The third-order valence-electron chi connectivity index (χ3n) is 3.72. The summed E-state index contributed by atoms with van der Waals surface area (Å²) >= 11 is 5.39. The average molecular weight is 262 g/mol. The van der Waals surface area contributed by atoms with Crippen molar-refractivity contribution in [3.8, 4) is 0 Å². The Morgan fingerprint density at radius 1 is 1.56 bits per heavy atom. The second-order valence-electron chi connectivity index (χ2n) is 5.12. The van der Waals surface area contributed by atoms with Crippen LogP contribution in [0.1, 0.15) is 18.4 Å². The van der Waals surface area contributed by atoms with Gasteiger partial charge >= 0.3 is 0 Å². The molecule has 1 N–H and O–H groups in total. The molecule has 1 aliphatic rings. The molecular weight excluding hydrogens is 244 g/mol. The van der Waals surface area contributed by atoms with Crippen molar-refractivity contribution in [3.63, 3.8) is 0 Å². The summed E-state index contributed by atoms with van der Waals surface area (Å²) in [6, 6.07) is 2.80. The first-order valence-electron chi connectivity index (χ1n) is 6.41. The van der Waals surface area contributed by atoms with Gasteiger partial charge < -0.3 is 14.5 Å². The second kappa shape index (κ2) is 4.48. The Morgan fingerprint density at radius 2 is 2.33 bits per heavy atom. The number of pyridine rings is 1. The number of fused-ring (bicyclic) bond motifs is 1. The topological polar surface area (TPSA) is 36.9 Å². The maximum absolute atomic E-state index is 5.39. The van der Waals surface area contributed by atoms with Crippen LogP contribution in [0.4, 0.5) is 0 Å². The van der Waals surface area contributed by atoms with E-state index in [1.165, 1.54) is 18.4 Å². The Bertz CT molecular complexity index is 623. The second-order valence-corrected chi connectivity index (χ2v) is 5.51. The van der Waals surface area contributed by atoms with Crippen LogP contribution in [0.2, 0.25) is 0 Å². The Balaban J connectivity index is 1.88. The number of rotatable bonds is 4. The van der Waals surface area contributed by atoms with Gasteiger partial charge in [0.05, 0.1) is 5.52 Å². The van der Waals surface area contributed by atoms with Gasteiger partial charge in [-0.05, 0) is 50.7 Å². The van der Waals surface area contributed by atoms with Gasteiger partial charge in [0, 0.05) is 25.3 Å². The maximum atomic E-state index is 5.39. The van der Waals surface area contributed by atoms with Crippen molar-refractivity contribution in [1.29, 1.82) is 0 Å². The van der Waals surface area contributed by atoms with Crippen LogP contribution in [-0.2, 0) is 6.54 Å². The lowest BCUT2D eigenvalue weighted by atomic mass is 10.3. The molecule has 0 amide bonds. The fourth-order valence-corrected chi connectivity index (χ4v) is 2.62. The van der Waals surface area contributed by atoms with Crippen molar-refractivity contribution in [3.05, 3.63) is 22.6 Å². The molecule has 0 unspecified atom stereocenters. The van der Waals surface area contributed by atoms with E-state index in [9.17, 15) is 0 Å². The van der Waals surface area contributed by atoms with Crippen LogP contribution < -0.4 is 0 Å². The monoisotopic (exact) mass is 262 g/mol. The highest BCUT2D eigenvalue weighted by atomic mass is 32.1. The minimum absolute atomic E-state index is 0.774. The molecule has 5 heteroatoms. The first-order chi connectivity index (χ1) is 8.66. The molecule has 2 heterocycles. The standard InChI is InChI=1S/C13H18N4S/c1-9-5-6-14-12-11(9)15-13(18)17(12)8-7-16(2)10-3-4-10/h5-6,10H,3-4,7-8H2,1-2H3,(H,15,18). The van der Waals surface area contributed by atoms with Gasteiger partial charge in [-0.3, -0.25) is 0 Å². The minimum atomic E-state index is 0.774. The third-order valence-corrected chi connectivity index (χ3v) is 4.04. The van der Waals surface area contributed by atoms with E-state index in [1.807, 2.05) is 12.3 Å². The highest BCUT2D eigenvalue weighted by Gasteiger charge is 2.25. The normalized spacial score (nSPS) is 15.7. The molecule has 2 aromatic heterocycles. The van der Waals surface area contributed by atoms with Gasteiger partial charge in [-0.15, -0.1) is 0 Å². The van der Waals surface area contributed by atoms with Crippen molar-refractivity contribution in [2.45, 2.75) is 32.4 Å². The number of H-pyrrole nitrogens is 1. The zero-order valence-corrected chi connectivity index (χ0v) is 11.6. The average Bonchev–Trinajstić information content (AvgIpc) is 3.13. The molecule has 0 atom stereocenters. The Morgan fingerprint density at radius 3 is 3.06 bits per heavy atom. The fraction of sp³-hybridized carbons (Fsp3) is 0.538. The van der Waals surface area contributed by atoms with Gasteiger partial charge in [0.1, 0.15) is 0 Å². The van der Waals surface area contributed by atoms with Crippen LogP contribution in [0.25, 0.3) is 11.2 Å². The van der Waals surface area contributed by atoms with Crippen molar-refractivity contribution in [2.24, 2.45) is 0 Å². The zero-order valence-electron chi connectivity index (χ0n) is 10.8. The number of hydrogen-bond donors (Lipinski definition) is 1. The van der Waals surface area contributed by atoms with Crippen molar-refractivity contribution < 1.29 is 0 Å². The highest BCUT2D eigenvalue weighted by molar-refractivity contribution is 7.71. The molecule has 0 radical (unpaired) electrons. The van der Waals surface area contributed by atoms with Crippen LogP contribution in [0.15, 0.2) is 12.3 Å². The number of hydrogen-bond acceptors (Lipinski definition) is 3. The fourth-order valence-electron chi connectivity index (χ4n) is 2.34. The summed E-state index contributed by atoms with van der Waals surface area (Å²) < 4.78 is 2.88. The summed E-state index contributed by atoms with van der Waals surface area (Å²) in [4.78, 5) is 10.1. The van der Waals surface area contributed by atoms with Gasteiger partial charge in [-0.2, -0.15) is 0 Å². The van der Waals surface area contributed by atoms with Crippen LogP contribution in [0, 0.1) is 11.7 Å². The predicted octanol–water partition coefficient (Wildman–Crippen LogP) is 2.50. The Kier molecular flexibility index (Phi) is 2.95. The lowest BCUT2D eigenvalue weighted by Crippen LogP contribution is -2.25. The van der Waals surface area contributed by atoms with Gasteiger partial charge in [0.2, 0.25) is 0 Å². The maximum Gasteiger partial charge on any atom is 0.179 e. The lowest BCUT2D eigenvalue weighted by molar-refractivity contribution is 0.310. The van der Waals surface area contributed by atoms with E-state index in [0.29, 0.717) is 0 Å². The number of nitrogens with one attached hydrogen (secondary N) is 1. The van der Waals surface area contributed by atoms with E-state index in [-0.39, 0.29) is 0 Å². The summed E-state index contributed by atoms with van der Waals surface area (Å²) in [5.74, 6) is 0. The largest absolute Gasteiger partial charge is 0.329 e. The van der Waals surface area contributed by atoms with Crippen LogP contribution >= 0.6 is 12.2 Å².